The Morgan fingerprint density at radius 3 is 2.52 bits per heavy atom. The van der Waals surface area contributed by atoms with Gasteiger partial charge in [-0.3, -0.25) is 14.9 Å². The fraction of sp³-hybridized carbons (Fsp3) is 0.400. The number of carbonyl (C=O) groups excluding carboxylic acids is 3. The van der Waals surface area contributed by atoms with Crippen LogP contribution in [-0.4, -0.2) is 23.8 Å². The molecule has 0 radical (unpaired) electrons. The second kappa shape index (κ2) is 12.3. The molecule has 1 aliphatic rings. The van der Waals surface area contributed by atoms with Gasteiger partial charge in [0.25, 0.3) is 0 Å². The first-order valence-electron chi connectivity index (χ1n) is 6.60. The minimum Gasteiger partial charge on any atom is -0.394 e. The third-order valence-electron chi connectivity index (χ3n) is 2.37. The van der Waals surface area contributed by atoms with Crippen molar-refractivity contribution in [2.75, 3.05) is 0 Å². The molecule has 0 aromatic carbocycles. The zero-order chi connectivity index (χ0) is 15.5. The van der Waals surface area contributed by atoms with Gasteiger partial charge >= 0.3 is 0 Å². The van der Waals surface area contributed by atoms with Crippen molar-refractivity contribution < 1.29 is 35.4 Å². The minimum atomic E-state index is -0.679. The van der Waals surface area contributed by atoms with E-state index in [9.17, 15) is 14.4 Å². The number of rotatable bonds is 4. The van der Waals surface area contributed by atoms with Crippen molar-refractivity contribution in [1.29, 1.82) is 0 Å². The van der Waals surface area contributed by atoms with Crippen LogP contribution in [-0.2, 0) is 35.4 Å². The number of carbonyl (C=O) groups is 3. The quantitative estimate of drug-likeness (QED) is 0.288. The Morgan fingerprint density at radius 1 is 1.43 bits per heavy atom. The summed E-state index contributed by atoms with van der Waals surface area (Å²) in [7, 11) is 0. The maximum Gasteiger partial charge on any atom is 0.248 e. The Labute approximate surface area is 140 Å². The monoisotopic (exact) mass is 461 g/mol. The van der Waals surface area contributed by atoms with Crippen LogP contribution < -0.4 is 10.6 Å². The van der Waals surface area contributed by atoms with E-state index in [0.717, 1.165) is 0 Å². The molecule has 0 saturated carbocycles. The zero-order valence-corrected chi connectivity index (χ0v) is 15.5. The van der Waals surface area contributed by atoms with Crippen LogP contribution in [0.4, 0.5) is 0 Å². The molecule has 1 rings (SSSR count). The van der Waals surface area contributed by atoms with Crippen LogP contribution in [0.15, 0.2) is 30.4 Å². The maximum absolute atomic E-state index is 11.8. The molecule has 116 valence electrons. The van der Waals surface area contributed by atoms with E-state index in [1.54, 1.807) is 13.0 Å². The van der Waals surface area contributed by atoms with E-state index in [0.29, 0.717) is 6.42 Å². The van der Waals surface area contributed by atoms with Crippen molar-refractivity contribution in [2.24, 2.45) is 0 Å². The predicted octanol–water partition coefficient (Wildman–Crippen LogP) is 1.42. The number of hydrogen-bond donors (Lipinski definition) is 2. The van der Waals surface area contributed by atoms with Crippen LogP contribution >= 0.6 is 0 Å². The summed E-state index contributed by atoms with van der Waals surface area (Å²) in [6, 6.07) is -0.679. The molecule has 1 aliphatic heterocycles. The fourth-order valence-corrected chi connectivity index (χ4v) is 1.53. The van der Waals surface area contributed by atoms with Crippen molar-refractivity contribution >= 4 is 17.7 Å². The Hall–Kier alpha value is -1.48. The van der Waals surface area contributed by atoms with Gasteiger partial charge in [-0.15, -0.1) is 24.3 Å². The van der Waals surface area contributed by atoms with Gasteiger partial charge in [0.15, 0.2) is 0 Å². The van der Waals surface area contributed by atoms with E-state index in [1.807, 2.05) is 13.8 Å². The topological polar surface area (TPSA) is 75.3 Å². The van der Waals surface area contributed by atoms with Crippen molar-refractivity contribution in [3.8, 4) is 0 Å². The van der Waals surface area contributed by atoms with Crippen LogP contribution in [0, 0.1) is 6.08 Å². The maximum atomic E-state index is 11.8. The van der Waals surface area contributed by atoms with Crippen molar-refractivity contribution in [2.45, 2.75) is 39.7 Å². The van der Waals surface area contributed by atoms with Gasteiger partial charge in [0.2, 0.25) is 11.8 Å². The van der Waals surface area contributed by atoms with Gasteiger partial charge < -0.3 is 10.1 Å². The van der Waals surface area contributed by atoms with Gasteiger partial charge in [-0.1, -0.05) is 20.8 Å². The van der Waals surface area contributed by atoms with Crippen LogP contribution in [0.25, 0.3) is 0 Å². The predicted molar refractivity (Wildman–Crippen MR) is 77.4 cm³/mol. The molecule has 3 amide bonds. The van der Waals surface area contributed by atoms with Gasteiger partial charge in [-0.25, -0.2) is 0 Å². The molecule has 5 nitrogen and oxygen atoms in total. The average Bonchev–Trinajstić information content (AvgIpc) is 2.44. The molecular formula is C15H21N2O3W-. The number of nitrogens with one attached hydrogen (secondary N) is 2. The van der Waals surface area contributed by atoms with Gasteiger partial charge in [-0.2, -0.15) is 12.2 Å². The summed E-state index contributed by atoms with van der Waals surface area (Å²) < 4.78 is 0. The number of piperidine rings is 1. The van der Waals surface area contributed by atoms with Crippen LogP contribution in [0.5, 0.6) is 0 Å². The molecule has 0 spiro atoms. The van der Waals surface area contributed by atoms with E-state index in [4.69, 9.17) is 0 Å². The second-order valence-corrected chi connectivity index (χ2v) is 3.73. The third kappa shape index (κ3) is 7.76. The summed E-state index contributed by atoms with van der Waals surface area (Å²) in [5, 5.41) is 4.73. The molecule has 0 aromatic heterocycles. The first kappa shape index (κ1) is 21.8. The zero-order valence-electron chi connectivity index (χ0n) is 12.6. The summed E-state index contributed by atoms with van der Waals surface area (Å²) in [4.78, 5) is 34.3. The van der Waals surface area contributed by atoms with Crippen molar-refractivity contribution in [1.82, 2.24) is 10.6 Å². The van der Waals surface area contributed by atoms with E-state index >= 15 is 0 Å². The van der Waals surface area contributed by atoms with Gasteiger partial charge in [-0.05, 0) is 6.42 Å². The van der Waals surface area contributed by atoms with Gasteiger partial charge in [0.1, 0.15) is 5.91 Å². The molecule has 0 bridgehead atoms. The second-order valence-electron chi connectivity index (χ2n) is 3.73. The van der Waals surface area contributed by atoms with E-state index in [-0.39, 0.29) is 39.0 Å². The molecule has 1 unspecified atom stereocenters. The molecule has 1 atom stereocenters. The van der Waals surface area contributed by atoms with E-state index < -0.39 is 17.9 Å². The molecular weight excluding hydrogens is 440 g/mol. The van der Waals surface area contributed by atoms with Crippen molar-refractivity contribution in [3.05, 3.63) is 36.5 Å². The number of amides is 3. The van der Waals surface area contributed by atoms with E-state index in [2.05, 4.69) is 23.3 Å². The molecule has 6 heteroatoms. The van der Waals surface area contributed by atoms with Gasteiger partial charge in [0.05, 0.1) is 6.04 Å². The molecule has 21 heavy (non-hydrogen) atoms. The SMILES string of the molecule is C=C/C=C(\[C-]=CC)C(=O)NC1CCC(=O)NC1=O.CC.[W]. The summed E-state index contributed by atoms with van der Waals surface area (Å²) in [6.07, 6.45) is 7.86. The molecule has 1 saturated heterocycles. The van der Waals surface area contributed by atoms with E-state index in [1.165, 1.54) is 12.2 Å². The largest absolute Gasteiger partial charge is 0.394 e. The van der Waals surface area contributed by atoms with Crippen molar-refractivity contribution in [3.63, 3.8) is 0 Å². The Bertz CT molecular complexity index is 442. The number of allylic oxidation sites excluding steroid dienone is 3. The summed E-state index contributed by atoms with van der Waals surface area (Å²) >= 11 is 0. The summed E-state index contributed by atoms with van der Waals surface area (Å²) in [5.41, 5.74) is 0.289. The summed E-state index contributed by atoms with van der Waals surface area (Å²) in [5.74, 6) is -1.20. The first-order valence-corrected chi connectivity index (χ1v) is 6.60. The Morgan fingerprint density at radius 2 is 2.05 bits per heavy atom. The normalized spacial score (nSPS) is 18.0. The van der Waals surface area contributed by atoms with Crippen LogP contribution in [0.1, 0.15) is 33.6 Å². The first-order chi connectivity index (χ1) is 9.58. The summed E-state index contributed by atoms with van der Waals surface area (Å²) in [6.45, 7) is 9.23. The standard InChI is InChI=1S/C13H15N2O3.C2H6.W/c1-3-5-9(6-4-2)12(17)14-10-7-8-11(16)15-13(10)18;1-2;/h3-5,10H,1,7-8H2,2H3,(H,14,17)(H,15,16,18);1-2H3;/q-1;;/b9-5+;;. The molecule has 1 fully saturated rings. The van der Waals surface area contributed by atoms with Crippen LogP contribution in [0.2, 0.25) is 0 Å². The molecule has 0 aliphatic carbocycles. The number of imide groups is 1. The van der Waals surface area contributed by atoms with Crippen LogP contribution in [0.3, 0.4) is 0 Å². The molecule has 2 N–H and O–H groups in total. The molecule has 0 aromatic rings. The average molecular weight is 461 g/mol. The molecule has 1 heterocycles. The fourth-order valence-electron chi connectivity index (χ4n) is 1.53. The minimum absolute atomic E-state index is 0. The third-order valence-corrected chi connectivity index (χ3v) is 2.37. The Balaban J connectivity index is 0. The Kier molecular flexibility index (Phi) is 12.7. The smallest absolute Gasteiger partial charge is 0.248 e. The van der Waals surface area contributed by atoms with Gasteiger partial charge in [0, 0.05) is 27.5 Å². The number of hydrogen-bond acceptors (Lipinski definition) is 3.